The molecule has 1 aliphatic heterocycles. The summed E-state index contributed by atoms with van der Waals surface area (Å²) in [5.74, 6) is 3.14. The number of thioether (sulfide) groups is 1. The highest BCUT2D eigenvalue weighted by Crippen LogP contribution is 2.30. The topological polar surface area (TPSA) is 15.3 Å². The Kier molecular flexibility index (Phi) is 6.51. The Balaban J connectivity index is 1.85. The molecular weight excluding hydrogens is 252 g/mol. The quantitative estimate of drug-likeness (QED) is 0.834. The van der Waals surface area contributed by atoms with Crippen molar-refractivity contribution in [3.63, 3.8) is 0 Å². The van der Waals surface area contributed by atoms with Crippen molar-refractivity contribution in [2.45, 2.75) is 57.7 Å². The molecule has 4 unspecified atom stereocenters. The Morgan fingerprint density at radius 2 is 2.11 bits per heavy atom. The molecule has 2 nitrogen and oxygen atoms in total. The smallest absolute Gasteiger partial charge is 0.0147 e. The summed E-state index contributed by atoms with van der Waals surface area (Å²) in [6.45, 7) is 12.2. The van der Waals surface area contributed by atoms with Crippen LogP contribution >= 0.6 is 11.8 Å². The van der Waals surface area contributed by atoms with Crippen molar-refractivity contribution >= 4 is 11.8 Å². The largest absolute Gasteiger partial charge is 0.314 e. The van der Waals surface area contributed by atoms with Crippen LogP contribution in [-0.2, 0) is 0 Å². The van der Waals surface area contributed by atoms with Crippen LogP contribution in [0.3, 0.4) is 0 Å². The molecule has 0 spiro atoms. The third kappa shape index (κ3) is 4.95. The van der Waals surface area contributed by atoms with Crippen molar-refractivity contribution in [2.24, 2.45) is 11.8 Å². The fourth-order valence-electron chi connectivity index (χ4n) is 3.69. The Morgan fingerprint density at radius 1 is 1.26 bits per heavy atom. The van der Waals surface area contributed by atoms with Crippen LogP contribution in [0.4, 0.5) is 0 Å². The van der Waals surface area contributed by atoms with Gasteiger partial charge in [0.1, 0.15) is 0 Å². The summed E-state index contributed by atoms with van der Waals surface area (Å²) in [5.41, 5.74) is 0. The van der Waals surface area contributed by atoms with Gasteiger partial charge in [0.2, 0.25) is 0 Å². The number of nitrogens with zero attached hydrogens (tertiary/aromatic N) is 1. The minimum Gasteiger partial charge on any atom is -0.314 e. The summed E-state index contributed by atoms with van der Waals surface area (Å²) >= 11 is 2.14. The van der Waals surface area contributed by atoms with Crippen LogP contribution in [-0.4, -0.2) is 48.1 Å². The van der Waals surface area contributed by atoms with Crippen molar-refractivity contribution in [1.29, 1.82) is 0 Å². The molecule has 4 atom stereocenters. The third-order valence-electron chi connectivity index (χ3n) is 4.72. The standard InChI is InChI=1S/C16H32N2S/c1-4-7-17-16-6-5-13(2)10-15(16)12-18-8-9-19-14(3)11-18/h13-17H,4-12H2,1-3H3. The highest BCUT2D eigenvalue weighted by Gasteiger charge is 2.30. The minimum atomic E-state index is 0.779. The van der Waals surface area contributed by atoms with E-state index in [0.29, 0.717) is 0 Å². The molecule has 0 aromatic heterocycles. The molecule has 112 valence electrons. The monoisotopic (exact) mass is 284 g/mol. The first-order valence-corrected chi connectivity index (χ1v) is 9.31. The van der Waals surface area contributed by atoms with Crippen LogP contribution in [0.2, 0.25) is 0 Å². The zero-order valence-electron chi connectivity index (χ0n) is 13.0. The number of hydrogen-bond acceptors (Lipinski definition) is 3. The van der Waals surface area contributed by atoms with Gasteiger partial charge in [0.15, 0.2) is 0 Å². The van der Waals surface area contributed by atoms with E-state index >= 15 is 0 Å². The average Bonchev–Trinajstić information content (AvgIpc) is 2.38. The van der Waals surface area contributed by atoms with Gasteiger partial charge >= 0.3 is 0 Å². The normalized spacial score (nSPS) is 37.4. The van der Waals surface area contributed by atoms with E-state index in [1.54, 1.807) is 0 Å². The SMILES string of the molecule is CCCNC1CCC(C)CC1CN1CCSC(C)C1. The lowest BCUT2D eigenvalue weighted by atomic mass is 9.78. The van der Waals surface area contributed by atoms with Crippen LogP contribution < -0.4 is 5.32 Å². The first-order chi connectivity index (χ1) is 9.19. The molecule has 2 aliphatic rings. The summed E-state index contributed by atoms with van der Waals surface area (Å²) in [5, 5.41) is 4.64. The summed E-state index contributed by atoms with van der Waals surface area (Å²) in [7, 11) is 0. The van der Waals surface area contributed by atoms with Crippen LogP contribution in [0.5, 0.6) is 0 Å². The molecular formula is C16H32N2S. The lowest BCUT2D eigenvalue weighted by molar-refractivity contribution is 0.147. The first-order valence-electron chi connectivity index (χ1n) is 8.26. The zero-order valence-corrected chi connectivity index (χ0v) is 13.8. The van der Waals surface area contributed by atoms with E-state index in [9.17, 15) is 0 Å². The molecule has 0 aromatic carbocycles. The zero-order chi connectivity index (χ0) is 13.7. The molecule has 1 heterocycles. The summed E-state index contributed by atoms with van der Waals surface area (Å²) in [4.78, 5) is 2.73. The van der Waals surface area contributed by atoms with E-state index < -0.39 is 0 Å². The highest BCUT2D eigenvalue weighted by atomic mass is 32.2. The molecule has 2 rings (SSSR count). The molecule has 1 aliphatic carbocycles. The van der Waals surface area contributed by atoms with Gasteiger partial charge in [-0.2, -0.15) is 11.8 Å². The lowest BCUT2D eigenvalue weighted by Crippen LogP contribution is -2.48. The average molecular weight is 285 g/mol. The van der Waals surface area contributed by atoms with Crippen molar-refractivity contribution < 1.29 is 0 Å². The van der Waals surface area contributed by atoms with E-state index in [0.717, 1.165) is 23.1 Å². The van der Waals surface area contributed by atoms with Crippen LogP contribution in [0, 0.1) is 11.8 Å². The van der Waals surface area contributed by atoms with E-state index in [2.05, 4.69) is 42.7 Å². The second-order valence-corrected chi connectivity index (χ2v) is 8.23. The van der Waals surface area contributed by atoms with Crippen molar-refractivity contribution in [2.75, 3.05) is 31.9 Å². The number of hydrogen-bond donors (Lipinski definition) is 1. The molecule has 19 heavy (non-hydrogen) atoms. The molecule has 0 radical (unpaired) electrons. The van der Waals surface area contributed by atoms with Gasteiger partial charge in [-0.05, 0) is 44.1 Å². The molecule has 1 N–H and O–H groups in total. The maximum absolute atomic E-state index is 3.81. The summed E-state index contributed by atoms with van der Waals surface area (Å²) in [6.07, 6.45) is 5.50. The molecule has 0 bridgehead atoms. The highest BCUT2D eigenvalue weighted by molar-refractivity contribution is 7.99. The predicted molar refractivity (Wildman–Crippen MR) is 86.9 cm³/mol. The summed E-state index contributed by atoms with van der Waals surface area (Å²) < 4.78 is 0. The maximum Gasteiger partial charge on any atom is 0.0147 e. The van der Waals surface area contributed by atoms with E-state index in [-0.39, 0.29) is 0 Å². The minimum absolute atomic E-state index is 0.779. The Morgan fingerprint density at radius 3 is 2.84 bits per heavy atom. The molecule has 2 fully saturated rings. The Labute approximate surface area is 124 Å². The maximum atomic E-state index is 3.81. The number of nitrogens with one attached hydrogen (secondary N) is 1. The fraction of sp³-hybridized carbons (Fsp3) is 1.00. The Hall–Kier alpha value is 0.270. The second-order valence-electron chi connectivity index (χ2n) is 6.68. The van der Waals surface area contributed by atoms with Crippen LogP contribution in [0.15, 0.2) is 0 Å². The van der Waals surface area contributed by atoms with Gasteiger partial charge in [-0.3, -0.25) is 0 Å². The van der Waals surface area contributed by atoms with E-state index in [4.69, 9.17) is 0 Å². The predicted octanol–water partition coefficient (Wildman–Crippen LogP) is 3.23. The van der Waals surface area contributed by atoms with Gasteiger partial charge in [-0.15, -0.1) is 0 Å². The van der Waals surface area contributed by atoms with E-state index in [1.165, 1.54) is 57.6 Å². The van der Waals surface area contributed by atoms with Crippen LogP contribution in [0.25, 0.3) is 0 Å². The van der Waals surface area contributed by atoms with Gasteiger partial charge in [0.05, 0.1) is 0 Å². The molecule has 0 aromatic rings. The number of rotatable bonds is 5. The van der Waals surface area contributed by atoms with Gasteiger partial charge in [-0.1, -0.05) is 20.8 Å². The first kappa shape index (κ1) is 15.7. The van der Waals surface area contributed by atoms with Gasteiger partial charge in [-0.25, -0.2) is 0 Å². The van der Waals surface area contributed by atoms with Crippen molar-refractivity contribution in [3.8, 4) is 0 Å². The van der Waals surface area contributed by atoms with Gasteiger partial charge in [0, 0.05) is 36.7 Å². The van der Waals surface area contributed by atoms with Crippen LogP contribution in [0.1, 0.15) is 46.5 Å². The van der Waals surface area contributed by atoms with Gasteiger partial charge in [0.25, 0.3) is 0 Å². The fourth-order valence-corrected chi connectivity index (χ4v) is 4.77. The molecule has 1 saturated heterocycles. The third-order valence-corrected chi connectivity index (χ3v) is 5.86. The second kappa shape index (κ2) is 7.90. The lowest BCUT2D eigenvalue weighted by Gasteiger charge is -2.40. The summed E-state index contributed by atoms with van der Waals surface area (Å²) in [6, 6.07) is 0.779. The van der Waals surface area contributed by atoms with E-state index in [1.807, 2.05) is 0 Å². The van der Waals surface area contributed by atoms with Crippen molar-refractivity contribution in [3.05, 3.63) is 0 Å². The molecule has 0 amide bonds. The molecule has 3 heteroatoms. The van der Waals surface area contributed by atoms with Crippen molar-refractivity contribution in [1.82, 2.24) is 10.2 Å². The van der Waals surface area contributed by atoms with Gasteiger partial charge < -0.3 is 10.2 Å². The molecule has 1 saturated carbocycles. The Bertz CT molecular complexity index is 257.